The van der Waals surface area contributed by atoms with Crippen molar-refractivity contribution >= 4 is 5.91 Å². The van der Waals surface area contributed by atoms with Crippen LogP contribution in [0, 0.1) is 12.8 Å². The van der Waals surface area contributed by atoms with Crippen molar-refractivity contribution in [3.8, 4) is 11.4 Å². The third-order valence-electron chi connectivity index (χ3n) is 5.01. The lowest BCUT2D eigenvalue weighted by molar-refractivity contribution is 0.0657. The molecule has 1 fully saturated rings. The van der Waals surface area contributed by atoms with Gasteiger partial charge >= 0.3 is 0 Å². The van der Waals surface area contributed by atoms with Crippen molar-refractivity contribution in [1.29, 1.82) is 0 Å². The number of likely N-dealkylation sites (tertiary alicyclic amines) is 1. The molecule has 1 unspecified atom stereocenters. The van der Waals surface area contributed by atoms with Crippen LogP contribution in [0.5, 0.6) is 0 Å². The molecule has 1 aliphatic rings. The molecule has 8 nitrogen and oxygen atoms in total. The number of H-pyrrole nitrogens is 1. The van der Waals surface area contributed by atoms with Gasteiger partial charge in [0.15, 0.2) is 5.43 Å². The van der Waals surface area contributed by atoms with Gasteiger partial charge in [-0.2, -0.15) is 0 Å². The average molecular weight is 378 g/mol. The molecule has 1 saturated heterocycles. The predicted octanol–water partition coefficient (Wildman–Crippen LogP) is 1.89. The number of hydrogen-bond donors (Lipinski definition) is 1. The maximum absolute atomic E-state index is 12.8. The van der Waals surface area contributed by atoms with Gasteiger partial charge in [-0.25, -0.2) is 0 Å². The van der Waals surface area contributed by atoms with E-state index in [1.54, 1.807) is 22.7 Å². The van der Waals surface area contributed by atoms with E-state index in [4.69, 9.17) is 0 Å². The van der Waals surface area contributed by atoms with E-state index in [-0.39, 0.29) is 22.8 Å². The van der Waals surface area contributed by atoms with Gasteiger partial charge in [-0.3, -0.25) is 19.3 Å². The van der Waals surface area contributed by atoms with E-state index >= 15 is 0 Å². The number of pyridine rings is 2. The molecule has 1 atom stereocenters. The first-order valence-electron chi connectivity index (χ1n) is 9.40. The zero-order chi connectivity index (χ0) is 19.5. The van der Waals surface area contributed by atoms with E-state index in [1.807, 2.05) is 24.4 Å². The van der Waals surface area contributed by atoms with Gasteiger partial charge in [0.1, 0.15) is 11.3 Å². The Morgan fingerprint density at radius 2 is 2.21 bits per heavy atom. The maximum Gasteiger partial charge on any atom is 0.259 e. The molecule has 4 heterocycles. The number of aryl methyl sites for hydroxylation is 1. The van der Waals surface area contributed by atoms with Gasteiger partial charge in [0, 0.05) is 43.8 Å². The number of carbonyl (C=O) groups is 1. The Bertz CT molecular complexity index is 1030. The number of rotatable bonds is 4. The lowest BCUT2D eigenvalue weighted by atomic mass is 9.97. The summed E-state index contributed by atoms with van der Waals surface area (Å²) in [5, 5.41) is 8.40. The minimum Gasteiger partial charge on any atom is -0.364 e. The summed E-state index contributed by atoms with van der Waals surface area (Å²) >= 11 is 0. The molecule has 144 valence electrons. The van der Waals surface area contributed by atoms with Gasteiger partial charge in [0.05, 0.1) is 11.9 Å². The average Bonchev–Trinajstić information content (AvgIpc) is 3.17. The Balaban J connectivity index is 1.44. The van der Waals surface area contributed by atoms with Crippen molar-refractivity contribution in [3.05, 3.63) is 64.3 Å². The van der Waals surface area contributed by atoms with Crippen LogP contribution in [0.3, 0.4) is 0 Å². The second kappa shape index (κ2) is 7.75. The molecule has 1 amide bonds. The van der Waals surface area contributed by atoms with Crippen molar-refractivity contribution in [3.63, 3.8) is 0 Å². The fourth-order valence-corrected chi connectivity index (χ4v) is 3.59. The Hall–Kier alpha value is -3.29. The van der Waals surface area contributed by atoms with E-state index in [2.05, 4.69) is 20.3 Å². The topological polar surface area (TPSA) is 96.8 Å². The molecule has 0 spiro atoms. The highest BCUT2D eigenvalue weighted by Gasteiger charge is 2.26. The van der Waals surface area contributed by atoms with E-state index in [0.29, 0.717) is 19.6 Å². The lowest BCUT2D eigenvalue weighted by Crippen LogP contribution is -2.42. The molecular weight excluding hydrogens is 356 g/mol. The van der Waals surface area contributed by atoms with Gasteiger partial charge in [-0.1, -0.05) is 11.3 Å². The maximum atomic E-state index is 12.8. The predicted molar refractivity (Wildman–Crippen MR) is 104 cm³/mol. The van der Waals surface area contributed by atoms with Crippen molar-refractivity contribution in [2.45, 2.75) is 26.3 Å². The van der Waals surface area contributed by atoms with Crippen LogP contribution in [0.4, 0.5) is 0 Å². The second-order valence-electron chi connectivity index (χ2n) is 7.19. The van der Waals surface area contributed by atoms with Crippen molar-refractivity contribution < 1.29 is 4.79 Å². The number of aromatic amines is 1. The van der Waals surface area contributed by atoms with Crippen LogP contribution in [0.1, 0.15) is 28.9 Å². The normalized spacial score (nSPS) is 16.9. The first-order valence-corrected chi connectivity index (χ1v) is 9.40. The highest BCUT2D eigenvalue weighted by atomic mass is 16.2. The third kappa shape index (κ3) is 3.85. The van der Waals surface area contributed by atoms with Crippen LogP contribution in [-0.2, 0) is 6.54 Å². The monoisotopic (exact) mass is 378 g/mol. The third-order valence-corrected chi connectivity index (χ3v) is 5.01. The Morgan fingerprint density at radius 1 is 1.32 bits per heavy atom. The molecule has 3 aromatic rings. The summed E-state index contributed by atoms with van der Waals surface area (Å²) < 4.78 is 1.81. The zero-order valence-electron chi connectivity index (χ0n) is 15.7. The number of nitrogens with one attached hydrogen (secondary N) is 1. The van der Waals surface area contributed by atoms with E-state index in [0.717, 1.165) is 29.9 Å². The first kappa shape index (κ1) is 18.1. The zero-order valence-corrected chi connectivity index (χ0v) is 15.7. The molecular formula is C20H22N6O2. The number of aromatic nitrogens is 5. The summed E-state index contributed by atoms with van der Waals surface area (Å²) in [5.41, 5.74) is 2.22. The van der Waals surface area contributed by atoms with Crippen LogP contribution in [0.15, 0.2) is 47.7 Å². The number of carbonyl (C=O) groups excluding carboxylic acids is 1. The van der Waals surface area contributed by atoms with Crippen molar-refractivity contribution in [2.24, 2.45) is 5.92 Å². The standard InChI is InChI=1S/C20H22N6O2/c1-14-9-19(27)16(10-22-14)20(28)25-8-4-5-15(11-25)12-26-13-18(23-24-26)17-6-2-3-7-21-17/h2-3,6-7,9-10,13,15H,4-5,8,11-12H2,1H3,(H,22,27). The highest BCUT2D eigenvalue weighted by molar-refractivity contribution is 5.93. The Labute approximate surface area is 162 Å². The van der Waals surface area contributed by atoms with Crippen LogP contribution < -0.4 is 5.43 Å². The summed E-state index contributed by atoms with van der Waals surface area (Å²) in [4.78, 5) is 33.9. The van der Waals surface area contributed by atoms with Crippen LogP contribution in [0.25, 0.3) is 11.4 Å². The quantitative estimate of drug-likeness (QED) is 0.748. The molecule has 3 aromatic heterocycles. The molecule has 28 heavy (non-hydrogen) atoms. The van der Waals surface area contributed by atoms with Gasteiger partial charge < -0.3 is 9.88 Å². The SMILES string of the molecule is Cc1cc(=O)c(C(=O)N2CCCC(Cn3cc(-c4ccccn4)nn3)C2)c[nH]1. The minimum atomic E-state index is -0.236. The van der Waals surface area contributed by atoms with Gasteiger partial charge in [0.25, 0.3) is 5.91 Å². The number of piperidine rings is 1. The Kier molecular flexibility index (Phi) is 5.01. The largest absolute Gasteiger partial charge is 0.364 e. The molecule has 0 radical (unpaired) electrons. The summed E-state index contributed by atoms with van der Waals surface area (Å²) in [6.45, 7) is 3.74. The number of amides is 1. The molecule has 1 N–H and O–H groups in total. The molecule has 8 heteroatoms. The Morgan fingerprint density at radius 3 is 3.00 bits per heavy atom. The highest BCUT2D eigenvalue weighted by Crippen LogP contribution is 2.20. The summed E-state index contributed by atoms with van der Waals surface area (Å²) in [6.07, 6.45) is 7.04. The summed E-state index contributed by atoms with van der Waals surface area (Å²) in [6, 6.07) is 7.14. The van der Waals surface area contributed by atoms with Gasteiger partial charge in [-0.05, 0) is 37.8 Å². The number of nitrogens with zero attached hydrogens (tertiary/aromatic N) is 5. The molecule has 0 aromatic carbocycles. The molecule has 0 aliphatic carbocycles. The fourth-order valence-electron chi connectivity index (χ4n) is 3.59. The van der Waals surface area contributed by atoms with Gasteiger partial charge in [-0.15, -0.1) is 5.10 Å². The van der Waals surface area contributed by atoms with Crippen LogP contribution in [0.2, 0.25) is 0 Å². The molecule has 0 bridgehead atoms. The van der Waals surface area contributed by atoms with Gasteiger partial charge in [0.2, 0.25) is 0 Å². The molecule has 4 rings (SSSR count). The summed E-state index contributed by atoms with van der Waals surface area (Å²) in [7, 11) is 0. The molecule has 0 saturated carbocycles. The van der Waals surface area contributed by atoms with Crippen molar-refractivity contribution in [2.75, 3.05) is 13.1 Å². The lowest BCUT2D eigenvalue weighted by Gasteiger charge is -2.32. The molecule has 1 aliphatic heterocycles. The van der Waals surface area contributed by atoms with E-state index < -0.39 is 0 Å². The van der Waals surface area contributed by atoms with Crippen molar-refractivity contribution in [1.82, 2.24) is 29.9 Å². The summed E-state index contributed by atoms with van der Waals surface area (Å²) in [5.74, 6) is 0.0548. The number of hydrogen-bond acceptors (Lipinski definition) is 5. The van der Waals surface area contributed by atoms with Crippen LogP contribution >= 0.6 is 0 Å². The minimum absolute atomic E-state index is 0.199. The fraction of sp³-hybridized carbons (Fsp3) is 0.350. The van der Waals surface area contributed by atoms with Crippen LogP contribution in [-0.4, -0.2) is 48.9 Å². The van der Waals surface area contributed by atoms with E-state index in [1.165, 1.54) is 12.3 Å². The van der Waals surface area contributed by atoms with E-state index in [9.17, 15) is 9.59 Å². The first-order chi connectivity index (χ1) is 13.6. The second-order valence-corrected chi connectivity index (χ2v) is 7.19. The smallest absolute Gasteiger partial charge is 0.259 e.